The van der Waals surface area contributed by atoms with Crippen LogP contribution in [0.3, 0.4) is 0 Å². The third-order valence-electron chi connectivity index (χ3n) is 4.41. The Balaban J connectivity index is 2.03. The summed E-state index contributed by atoms with van der Waals surface area (Å²) in [6, 6.07) is 7.62. The van der Waals surface area contributed by atoms with E-state index in [1.54, 1.807) is 0 Å². The lowest BCUT2D eigenvalue weighted by Gasteiger charge is -2.29. The molecule has 1 aromatic heterocycles. The molecule has 0 amide bonds. The molecule has 5 heteroatoms. The van der Waals surface area contributed by atoms with E-state index in [4.69, 9.17) is 9.68 Å². The standard InChI is InChI=1S/C18H20N2O3/c1-12-8-14(4-7-21)18-15(9-12)16(22)10-17(23-18)20-5-2-13(11-19)3-6-20/h8-10,13,21H,2-7H2,1H3. The van der Waals surface area contributed by atoms with E-state index in [-0.39, 0.29) is 18.0 Å². The van der Waals surface area contributed by atoms with E-state index in [0.717, 1.165) is 24.0 Å². The van der Waals surface area contributed by atoms with Gasteiger partial charge in [-0.2, -0.15) is 5.26 Å². The molecule has 0 aliphatic carbocycles. The number of nitriles is 1. The van der Waals surface area contributed by atoms with Crippen molar-refractivity contribution in [1.82, 2.24) is 0 Å². The van der Waals surface area contributed by atoms with E-state index < -0.39 is 0 Å². The van der Waals surface area contributed by atoms with Crippen molar-refractivity contribution in [2.75, 3.05) is 24.6 Å². The lowest BCUT2D eigenvalue weighted by molar-refractivity contribution is 0.299. The Labute approximate surface area is 134 Å². The maximum absolute atomic E-state index is 12.5. The second kappa shape index (κ2) is 6.43. The fourth-order valence-corrected chi connectivity index (χ4v) is 3.17. The summed E-state index contributed by atoms with van der Waals surface area (Å²) in [7, 11) is 0. The lowest BCUT2D eigenvalue weighted by Crippen LogP contribution is -2.33. The molecule has 2 heterocycles. The largest absolute Gasteiger partial charge is 0.440 e. The van der Waals surface area contributed by atoms with Gasteiger partial charge in [-0.1, -0.05) is 6.07 Å². The molecule has 1 fully saturated rings. The predicted octanol–water partition coefficient (Wildman–Crippen LogP) is 2.38. The van der Waals surface area contributed by atoms with E-state index in [1.165, 1.54) is 6.07 Å². The van der Waals surface area contributed by atoms with Crippen molar-refractivity contribution in [3.05, 3.63) is 39.5 Å². The topological polar surface area (TPSA) is 77.5 Å². The molecule has 1 saturated heterocycles. The fourth-order valence-electron chi connectivity index (χ4n) is 3.17. The highest BCUT2D eigenvalue weighted by Gasteiger charge is 2.21. The molecule has 1 aliphatic rings. The van der Waals surface area contributed by atoms with Gasteiger partial charge >= 0.3 is 0 Å². The van der Waals surface area contributed by atoms with E-state index in [2.05, 4.69) is 6.07 Å². The highest BCUT2D eigenvalue weighted by atomic mass is 16.4. The van der Waals surface area contributed by atoms with Gasteiger partial charge in [0.2, 0.25) is 0 Å². The smallest absolute Gasteiger partial charge is 0.199 e. The Hall–Kier alpha value is -2.32. The number of fused-ring (bicyclic) bond motifs is 1. The number of aryl methyl sites for hydroxylation is 1. The molecule has 5 nitrogen and oxygen atoms in total. The predicted molar refractivity (Wildman–Crippen MR) is 88.6 cm³/mol. The second-order valence-electron chi connectivity index (χ2n) is 6.11. The first kappa shape index (κ1) is 15.6. The number of rotatable bonds is 3. The molecule has 23 heavy (non-hydrogen) atoms. The van der Waals surface area contributed by atoms with E-state index in [0.29, 0.717) is 36.4 Å². The van der Waals surface area contributed by atoms with Crippen LogP contribution in [-0.4, -0.2) is 24.8 Å². The molecule has 1 aliphatic heterocycles. The Kier molecular flexibility index (Phi) is 4.35. The van der Waals surface area contributed by atoms with Crippen LogP contribution in [0.2, 0.25) is 0 Å². The number of benzene rings is 1. The van der Waals surface area contributed by atoms with Crippen LogP contribution in [0.1, 0.15) is 24.0 Å². The van der Waals surface area contributed by atoms with Gasteiger partial charge in [0.1, 0.15) is 5.58 Å². The van der Waals surface area contributed by atoms with Gasteiger partial charge in [0.15, 0.2) is 11.3 Å². The summed E-state index contributed by atoms with van der Waals surface area (Å²) in [5.41, 5.74) is 2.34. The average molecular weight is 312 g/mol. The zero-order chi connectivity index (χ0) is 16.4. The number of aliphatic hydroxyl groups excluding tert-OH is 1. The fraction of sp³-hybridized carbons (Fsp3) is 0.444. The molecular formula is C18H20N2O3. The quantitative estimate of drug-likeness (QED) is 0.941. The van der Waals surface area contributed by atoms with Gasteiger partial charge in [-0.05, 0) is 43.4 Å². The first-order valence-electron chi connectivity index (χ1n) is 7.95. The Morgan fingerprint density at radius 1 is 1.35 bits per heavy atom. The molecule has 1 aromatic carbocycles. The molecule has 3 rings (SSSR count). The molecule has 120 valence electrons. The van der Waals surface area contributed by atoms with Crippen LogP contribution in [0.5, 0.6) is 0 Å². The van der Waals surface area contributed by atoms with Crippen LogP contribution in [-0.2, 0) is 6.42 Å². The monoisotopic (exact) mass is 312 g/mol. The summed E-state index contributed by atoms with van der Waals surface area (Å²) in [6.07, 6.45) is 2.03. The van der Waals surface area contributed by atoms with Crippen molar-refractivity contribution in [2.24, 2.45) is 5.92 Å². The summed E-state index contributed by atoms with van der Waals surface area (Å²) in [4.78, 5) is 14.5. The van der Waals surface area contributed by atoms with Crippen LogP contribution in [0, 0.1) is 24.2 Å². The molecule has 0 spiro atoms. The third kappa shape index (κ3) is 3.08. The van der Waals surface area contributed by atoms with Gasteiger partial charge in [0, 0.05) is 31.7 Å². The van der Waals surface area contributed by atoms with Crippen molar-refractivity contribution in [3.8, 4) is 6.07 Å². The Morgan fingerprint density at radius 3 is 2.74 bits per heavy atom. The minimum Gasteiger partial charge on any atom is -0.440 e. The van der Waals surface area contributed by atoms with Gasteiger partial charge in [-0.25, -0.2) is 0 Å². The van der Waals surface area contributed by atoms with Crippen molar-refractivity contribution >= 4 is 16.9 Å². The molecular weight excluding hydrogens is 292 g/mol. The van der Waals surface area contributed by atoms with Crippen molar-refractivity contribution < 1.29 is 9.52 Å². The minimum atomic E-state index is -0.0634. The summed E-state index contributed by atoms with van der Waals surface area (Å²) >= 11 is 0. The van der Waals surface area contributed by atoms with E-state index in [9.17, 15) is 9.90 Å². The molecule has 0 unspecified atom stereocenters. The number of piperidine rings is 1. The van der Waals surface area contributed by atoms with Crippen molar-refractivity contribution in [1.29, 1.82) is 5.26 Å². The summed E-state index contributed by atoms with van der Waals surface area (Å²) in [5, 5.41) is 18.8. The Bertz CT molecular complexity index is 811. The van der Waals surface area contributed by atoms with Crippen LogP contribution in [0.15, 0.2) is 27.4 Å². The van der Waals surface area contributed by atoms with Gasteiger partial charge in [-0.15, -0.1) is 0 Å². The van der Waals surface area contributed by atoms with Crippen LogP contribution in [0.4, 0.5) is 5.88 Å². The third-order valence-corrected chi connectivity index (χ3v) is 4.41. The molecule has 0 atom stereocenters. The number of anilines is 1. The van der Waals surface area contributed by atoms with Crippen molar-refractivity contribution in [2.45, 2.75) is 26.2 Å². The molecule has 0 radical (unpaired) electrons. The molecule has 2 aromatic rings. The molecule has 0 saturated carbocycles. The zero-order valence-corrected chi connectivity index (χ0v) is 13.2. The van der Waals surface area contributed by atoms with E-state index in [1.807, 2.05) is 24.0 Å². The minimum absolute atomic E-state index is 0.0139. The molecule has 0 bridgehead atoms. The van der Waals surface area contributed by atoms with Gasteiger partial charge < -0.3 is 14.4 Å². The van der Waals surface area contributed by atoms with Crippen LogP contribution >= 0.6 is 0 Å². The molecule has 1 N–H and O–H groups in total. The maximum Gasteiger partial charge on any atom is 0.199 e. The highest BCUT2D eigenvalue weighted by Crippen LogP contribution is 2.27. The summed E-state index contributed by atoms with van der Waals surface area (Å²) in [5.74, 6) is 0.646. The lowest BCUT2D eigenvalue weighted by atomic mass is 9.99. The SMILES string of the molecule is Cc1cc(CCO)c2oc(N3CCC(C#N)CC3)cc(=O)c2c1. The number of hydrogen-bond acceptors (Lipinski definition) is 5. The number of hydrogen-bond donors (Lipinski definition) is 1. The van der Waals surface area contributed by atoms with Crippen LogP contribution < -0.4 is 10.3 Å². The normalized spacial score (nSPS) is 15.8. The second-order valence-corrected chi connectivity index (χ2v) is 6.11. The number of nitrogens with zero attached hydrogens (tertiary/aromatic N) is 2. The maximum atomic E-state index is 12.5. The number of aliphatic hydroxyl groups is 1. The van der Waals surface area contributed by atoms with Gasteiger partial charge in [0.05, 0.1) is 11.5 Å². The highest BCUT2D eigenvalue weighted by molar-refractivity contribution is 5.81. The first-order valence-corrected chi connectivity index (χ1v) is 7.95. The average Bonchev–Trinajstić information content (AvgIpc) is 2.56. The first-order chi connectivity index (χ1) is 11.1. The van der Waals surface area contributed by atoms with Crippen molar-refractivity contribution in [3.63, 3.8) is 0 Å². The zero-order valence-electron chi connectivity index (χ0n) is 13.2. The van der Waals surface area contributed by atoms with Gasteiger partial charge in [0.25, 0.3) is 0 Å². The Morgan fingerprint density at radius 2 is 2.09 bits per heavy atom. The summed E-state index contributed by atoms with van der Waals surface area (Å²) < 4.78 is 6.02. The van der Waals surface area contributed by atoms with E-state index >= 15 is 0 Å². The summed E-state index contributed by atoms with van der Waals surface area (Å²) in [6.45, 7) is 3.38. The van der Waals surface area contributed by atoms with Gasteiger partial charge in [-0.3, -0.25) is 4.79 Å². The van der Waals surface area contributed by atoms with Crippen LogP contribution in [0.25, 0.3) is 11.0 Å².